The molecule has 0 saturated carbocycles. The maximum Gasteiger partial charge on any atom is 0.271 e. The molecule has 0 spiro atoms. The van der Waals surface area contributed by atoms with E-state index < -0.39 is 10.8 Å². The molecule has 2 rings (SSSR count). The molecule has 0 aliphatic carbocycles. The SMILES string of the molecule is CCCOc1ccc(Br)cc1/C=N/NC(=O)c1cccc([N+](=O)[O-])c1. The largest absolute Gasteiger partial charge is 0.493 e. The summed E-state index contributed by atoms with van der Waals surface area (Å²) < 4.78 is 6.48. The lowest BCUT2D eigenvalue weighted by Crippen LogP contribution is -2.17. The van der Waals surface area contributed by atoms with E-state index in [0.717, 1.165) is 10.9 Å². The Hall–Kier alpha value is -2.74. The van der Waals surface area contributed by atoms with Crippen molar-refractivity contribution in [3.8, 4) is 5.75 Å². The van der Waals surface area contributed by atoms with Crippen molar-refractivity contribution >= 4 is 33.7 Å². The van der Waals surface area contributed by atoms with E-state index in [1.54, 1.807) is 0 Å². The number of carbonyl (C=O) groups excluding carboxylic acids is 1. The van der Waals surface area contributed by atoms with E-state index >= 15 is 0 Å². The van der Waals surface area contributed by atoms with Crippen molar-refractivity contribution in [1.29, 1.82) is 0 Å². The van der Waals surface area contributed by atoms with Crippen LogP contribution in [0, 0.1) is 10.1 Å². The zero-order valence-electron chi connectivity index (χ0n) is 13.4. The molecule has 0 aliphatic heterocycles. The van der Waals surface area contributed by atoms with Gasteiger partial charge in [0.05, 0.1) is 17.7 Å². The van der Waals surface area contributed by atoms with Crippen molar-refractivity contribution in [3.05, 3.63) is 68.2 Å². The van der Waals surface area contributed by atoms with Crippen molar-refractivity contribution in [2.75, 3.05) is 6.61 Å². The molecule has 7 nitrogen and oxygen atoms in total. The molecule has 0 unspecified atom stereocenters. The van der Waals surface area contributed by atoms with Gasteiger partial charge in [0, 0.05) is 27.7 Å². The van der Waals surface area contributed by atoms with Gasteiger partial charge >= 0.3 is 0 Å². The number of hydrazone groups is 1. The second-order valence-corrected chi connectivity index (χ2v) is 5.95. The number of nitro benzene ring substituents is 1. The maximum absolute atomic E-state index is 12.0. The minimum atomic E-state index is -0.557. The lowest BCUT2D eigenvalue weighted by atomic mass is 10.2. The van der Waals surface area contributed by atoms with Gasteiger partial charge in [0.2, 0.25) is 0 Å². The van der Waals surface area contributed by atoms with Crippen LogP contribution < -0.4 is 10.2 Å². The van der Waals surface area contributed by atoms with Crippen LogP contribution in [0.15, 0.2) is 52.0 Å². The molecular weight excluding hydrogens is 390 g/mol. The van der Waals surface area contributed by atoms with Crippen molar-refractivity contribution in [1.82, 2.24) is 5.43 Å². The first-order valence-corrected chi connectivity index (χ1v) is 8.30. The lowest BCUT2D eigenvalue weighted by molar-refractivity contribution is -0.384. The Morgan fingerprint density at radius 2 is 2.16 bits per heavy atom. The number of ether oxygens (including phenoxy) is 1. The van der Waals surface area contributed by atoms with Gasteiger partial charge in [0.25, 0.3) is 11.6 Å². The highest BCUT2D eigenvalue weighted by molar-refractivity contribution is 9.10. The number of halogens is 1. The van der Waals surface area contributed by atoms with E-state index in [1.165, 1.54) is 30.5 Å². The fourth-order valence-electron chi connectivity index (χ4n) is 1.95. The third-order valence-electron chi connectivity index (χ3n) is 3.12. The summed E-state index contributed by atoms with van der Waals surface area (Å²) >= 11 is 3.38. The predicted octanol–water partition coefficient (Wildman–Crippen LogP) is 3.91. The summed E-state index contributed by atoms with van der Waals surface area (Å²) in [6.45, 7) is 2.58. The van der Waals surface area contributed by atoms with Gasteiger partial charge in [0.15, 0.2) is 0 Å². The zero-order valence-corrected chi connectivity index (χ0v) is 15.0. The molecule has 1 N–H and O–H groups in total. The molecule has 0 fully saturated rings. The molecule has 0 saturated heterocycles. The number of nitrogens with zero attached hydrogens (tertiary/aromatic N) is 2. The molecule has 130 valence electrons. The Labute approximate surface area is 153 Å². The molecule has 0 aromatic heterocycles. The number of amides is 1. The molecular formula is C17H16BrN3O4. The minimum Gasteiger partial charge on any atom is -0.493 e. The van der Waals surface area contributed by atoms with E-state index in [-0.39, 0.29) is 11.3 Å². The van der Waals surface area contributed by atoms with Crippen molar-refractivity contribution in [2.24, 2.45) is 5.10 Å². The monoisotopic (exact) mass is 405 g/mol. The van der Waals surface area contributed by atoms with E-state index in [1.807, 2.05) is 25.1 Å². The number of nitro groups is 1. The van der Waals surface area contributed by atoms with Crippen LogP contribution in [-0.4, -0.2) is 23.7 Å². The first-order valence-electron chi connectivity index (χ1n) is 7.51. The van der Waals surface area contributed by atoms with Crippen LogP contribution in [0.4, 0.5) is 5.69 Å². The van der Waals surface area contributed by atoms with Crippen molar-refractivity contribution < 1.29 is 14.5 Å². The summed E-state index contributed by atoms with van der Waals surface area (Å²) in [5.74, 6) is 0.115. The number of carbonyl (C=O) groups is 1. The second-order valence-electron chi connectivity index (χ2n) is 5.04. The molecule has 1 amide bonds. The smallest absolute Gasteiger partial charge is 0.271 e. The van der Waals surface area contributed by atoms with E-state index in [2.05, 4.69) is 26.5 Å². The van der Waals surface area contributed by atoms with Crippen LogP contribution in [0.5, 0.6) is 5.75 Å². The summed E-state index contributed by atoms with van der Waals surface area (Å²) in [5.41, 5.74) is 3.05. The van der Waals surface area contributed by atoms with Crippen LogP contribution in [0.2, 0.25) is 0 Å². The van der Waals surface area contributed by atoms with Crippen LogP contribution in [0.25, 0.3) is 0 Å². The van der Waals surface area contributed by atoms with Gasteiger partial charge in [-0.25, -0.2) is 5.43 Å². The fraction of sp³-hybridized carbons (Fsp3) is 0.176. The van der Waals surface area contributed by atoms with Crippen molar-refractivity contribution in [3.63, 3.8) is 0 Å². The zero-order chi connectivity index (χ0) is 18.2. The topological polar surface area (TPSA) is 93.8 Å². The average Bonchev–Trinajstić information content (AvgIpc) is 2.61. The number of hydrogen-bond acceptors (Lipinski definition) is 5. The number of nitrogens with one attached hydrogen (secondary N) is 1. The Bertz CT molecular complexity index is 808. The lowest BCUT2D eigenvalue weighted by Gasteiger charge is -2.08. The number of rotatable bonds is 7. The van der Waals surface area contributed by atoms with E-state index in [9.17, 15) is 14.9 Å². The molecule has 0 aliphatic rings. The summed E-state index contributed by atoms with van der Waals surface area (Å²) in [5, 5.41) is 14.7. The maximum atomic E-state index is 12.0. The number of hydrogen-bond donors (Lipinski definition) is 1. The predicted molar refractivity (Wildman–Crippen MR) is 98.1 cm³/mol. The van der Waals surface area contributed by atoms with E-state index in [0.29, 0.717) is 17.9 Å². The Balaban J connectivity index is 2.10. The molecule has 0 radical (unpaired) electrons. The highest BCUT2D eigenvalue weighted by atomic mass is 79.9. The molecule has 0 bridgehead atoms. The normalized spacial score (nSPS) is 10.6. The summed E-state index contributed by atoms with van der Waals surface area (Å²) in [6.07, 6.45) is 2.33. The van der Waals surface area contributed by atoms with Gasteiger partial charge in [-0.3, -0.25) is 14.9 Å². The Morgan fingerprint density at radius 1 is 1.36 bits per heavy atom. The number of benzene rings is 2. The standard InChI is InChI=1S/C17H16BrN3O4/c1-2-8-25-16-7-6-14(18)9-13(16)11-19-20-17(22)12-4-3-5-15(10-12)21(23)24/h3-7,9-11H,2,8H2,1H3,(H,20,22)/b19-11+. The van der Waals surface area contributed by atoms with Gasteiger partial charge in [-0.15, -0.1) is 0 Å². The minimum absolute atomic E-state index is 0.154. The van der Waals surface area contributed by atoms with Gasteiger partial charge < -0.3 is 4.74 Å². The molecule has 25 heavy (non-hydrogen) atoms. The Morgan fingerprint density at radius 3 is 2.88 bits per heavy atom. The Kier molecular flexibility index (Phi) is 6.64. The summed E-state index contributed by atoms with van der Waals surface area (Å²) in [7, 11) is 0. The number of non-ortho nitro benzene ring substituents is 1. The highest BCUT2D eigenvalue weighted by Gasteiger charge is 2.10. The molecule has 2 aromatic rings. The second kappa shape index (κ2) is 8.93. The van der Waals surface area contributed by atoms with Gasteiger partial charge in [0.1, 0.15) is 5.75 Å². The van der Waals surface area contributed by atoms with Gasteiger partial charge in [-0.1, -0.05) is 28.9 Å². The average molecular weight is 406 g/mol. The molecule has 0 heterocycles. The van der Waals surface area contributed by atoms with Gasteiger partial charge in [-0.2, -0.15) is 5.10 Å². The first kappa shape index (κ1) is 18.6. The molecule has 8 heteroatoms. The quantitative estimate of drug-likeness (QED) is 0.429. The van der Waals surface area contributed by atoms with Crippen LogP contribution in [0.3, 0.4) is 0 Å². The summed E-state index contributed by atoms with van der Waals surface area (Å²) in [6, 6.07) is 10.9. The first-order chi connectivity index (χ1) is 12.0. The highest BCUT2D eigenvalue weighted by Crippen LogP contribution is 2.22. The third-order valence-corrected chi connectivity index (χ3v) is 3.62. The van der Waals surface area contributed by atoms with Gasteiger partial charge in [-0.05, 0) is 30.7 Å². The summed E-state index contributed by atoms with van der Waals surface area (Å²) in [4.78, 5) is 22.2. The van der Waals surface area contributed by atoms with Crippen LogP contribution in [0.1, 0.15) is 29.3 Å². The van der Waals surface area contributed by atoms with Crippen LogP contribution >= 0.6 is 15.9 Å². The van der Waals surface area contributed by atoms with Crippen molar-refractivity contribution in [2.45, 2.75) is 13.3 Å². The third kappa shape index (κ3) is 5.39. The fourth-order valence-corrected chi connectivity index (χ4v) is 2.33. The van der Waals surface area contributed by atoms with Crippen LogP contribution in [-0.2, 0) is 0 Å². The molecule has 0 atom stereocenters. The van der Waals surface area contributed by atoms with E-state index in [4.69, 9.17) is 4.74 Å². The molecule has 2 aromatic carbocycles.